The lowest BCUT2D eigenvalue weighted by Gasteiger charge is -2.31. The first-order valence-electron chi connectivity index (χ1n) is 9.71. The van der Waals surface area contributed by atoms with Gasteiger partial charge in [0.05, 0.1) is 16.9 Å². The number of aromatic nitrogens is 1. The third-order valence-electron chi connectivity index (χ3n) is 6.29. The molecule has 1 aromatic heterocycles. The number of benzene rings is 1. The van der Waals surface area contributed by atoms with Crippen LogP contribution in [-0.2, 0) is 0 Å². The fourth-order valence-electron chi connectivity index (χ4n) is 4.89. The van der Waals surface area contributed by atoms with Crippen molar-refractivity contribution >= 4 is 22.6 Å². The Balaban J connectivity index is 1.73. The molecule has 3 aliphatic rings. The molecule has 3 aliphatic heterocycles. The Morgan fingerprint density at radius 2 is 2.21 bits per heavy atom. The zero-order chi connectivity index (χ0) is 19.6. The molecule has 3 atom stereocenters. The molecule has 2 N–H and O–H groups in total. The molecule has 0 amide bonds. The van der Waals surface area contributed by atoms with Crippen molar-refractivity contribution in [3.8, 4) is 5.75 Å². The molecule has 2 saturated heterocycles. The molecule has 2 fully saturated rings. The molecule has 148 valence electrons. The molecule has 0 radical (unpaired) electrons. The number of hydrogen-bond acceptors (Lipinski definition) is 5. The van der Waals surface area contributed by atoms with Gasteiger partial charge < -0.3 is 24.6 Å². The van der Waals surface area contributed by atoms with Gasteiger partial charge in [-0.1, -0.05) is 0 Å². The van der Waals surface area contributed by atoms with Gasteiger partial charge in [-0.25, -0.2) is 9.18 Å². The van der Waals surface area contributed by atoms with Gasteiger partial charge in [-0.3, -0.25) is 4.79 Å². The second kappa shape index (κ2) is 6.20. The average molecular weight is 387 g/mol. The van der Waals surface area contributed by atoms with Gasteiger partial charge in [0.25, 0.3) is 0 Å². The summed E-state index contributed by atoms with van der Waals surface area (Å²) in [4.78, 5) is 26.2. The van der Waals surface area contributed by atoms with Crippen molar-refractivity contribution in [1.82, 2.24) is 9.88 Å². The van der Waals surface area contributed by atoms with Crippen LogP contribution < -0.4 is 20.4 Å². The fraction of sp³-hybridized carbons (Fsp3) is 0.500. The summed E-state index contributed by atoms with van der Waals surface area (Å²) in [6, 6.07) is 1.35. The van der Waals surface area contributed by atoms with Crippen LogP contribution >= 0.6 is 0 Å². The van der Waals surface area contributed by atoms with Crippen LogP contribution in [0, 0.1) is 11.7 Å². The molecule has 0 spiro atoms. The van der Waals surface area contributed by atoms with Crippen LogP contribution in [0.3, 0.4) is 0 Å². The van der Waals surface area contributed by atoms with Gasteiger partial charge in [0.2, 0.25) is 5.43 Å². The Kier molecular flexibility index (Phi) is 3.87. The first kappa shape index (κ1) is 17.5. The Morgan fingerprint density at radius 1 is 1.39 bits per heavy atom. The third-order valence-corrected chi connectivity index (χ3v) is 6.29. The lowest BCUT2D eigenvalue weighted by atomic mass is 9.94. The molecule has 0 aliphatic carbocycles. The number of hydrogen-bond donors (Lipinski definition) is 2. The number of piperidine rings is 1. The Bertz CT molecular complexity index is 1040. The number of halogens is 1. The van der Waals surface area contributed by atoms with E-state index >= 15 is 4.39 Å². The van der Waals surface area contributed by atoms with E-state index in [9.17, 15) is 14.7 Å². The molecule has 0 bridgehead atoms. The van der Waals surface area contributed by atoms with E-state index in [0.29, 0.717) is 42.1 Å². The molecule has 7 nitrogen and oxygen atoms in total. The van der Waals surface area contributed by atoms with Crippen LogP contribution in [0.25, 0.3) is 10.9 Å². The quantitative estimate of drug-likeness (QED) is 0.820. The maximum absolute atomic E-state index is 15.2. The predicted molar refractivity (Wildman–Crippen MR) is 102 cm³/mol. The summed E-state index contributed by atoms with van der Waals surface area (Å²) in [6.07, 6.45) is 3.59. The van der Waals surface area contributed by atoms with Crippen molar-refractivity contribution in [3.05, 3.63) is 33.9 Å². The van der Waals surface area contributed by atoms with E-state index in [0.717, 1.165) is 25.9 Å². The van der Waals surface area contributed by atoms with E-state index in [-0.39, 0.29) is 17.0 Å². The Morgan fingerprint density at radius 3 is 2.96 bits per heavy atom. The van der Waals surface area contributed by atoms with Gasteiger partial charge in [-0.2, -0.15) is 0 Å². The number of carboxylic acid groups (broad SMARTS) is 1. The van der Waals surface area contributed by atoms with Crippen molar-refractivity contribution in [2.45, 2.75) is 31.8 Å². The van der Waals surface area contributed by atoms with Gasteiger partial charge in [0.1, 0.15) is 17.9 Å². The van der Waals surface area contributed by atoms with Crippen molar-refractivity contribution in [3.63, 3.8) is 0 Å². The highest BCUT2D eigenvalue weighted by atomic mass is 19.1. The summed E-state index contributed by atoms with van der Waals surface area (Å²) in [5.41, 5.74) is -0.171. The highest BCUT2D eigenvalue weighted by molar-refractivity contribution is 5.97. The standard InChI is InChI=1S/C20H22FN3O4/c1-10-9-28-19-16-12(18(25)13(20(26)27)7-24(10)16)5-14(21)17(19)23-6-11-3-2-4-22-15(11)8-23/h5,7,10-11,15,22H,2-4,6,8-9H2,1H3,(H,26,27)/t10-,11+,15-/m0/s1. The van der Waals surface area contributed by atoms with Crippen LogP contribution in [0.15, 0.2) is 17.1 Å². The molecule has 4 heterocycles. The molecule has 2 aromatic rings. The summed E-state index contributed by atoms with van der Waals surface area (Å²) in [5, 5.41) is 12.9. The van der Waals surface area contributed by atoms with Gasteiger partial charge in [0.15, 0.2) is 11.6 Å². The van der Waals surface area contributed by atoms with Crippen molar-refractivity contribution in [2.24, 2.45) is 5.92 Å². The topological polar surface area (TPSA) is 83.8 Å². The lowest BCUT2D eigenvalue weighted by Crippen LogP contribution is -2.40. The highest BCUT2D eigenvalue weighted by Crippen LogP contribution is 2.43. The van der Waals surface area contributed by atoms with E-state index < -0.39 is 17.2 Å². The molecule has 8 heteroatoms. The third kappa shape index (κ3) is 2.44. The van der Waals surface area contributed by atoms with Crippen molar-refractivity contribution in [2.75, 3.05) is 31.1 Å². The number of pyridine rings is 1. The number of carbonyl (C=O) groups is 1. The molecule has 1 aromatic carbocycles. The van der Waals surface area contributed by atoms with Gasteiger partial charge in [-0.05, 0) is 38.3 Å². The van der Waals surface area contributed by atoms with Crippen molar-refractivity contribution < 1.29 is 19.0 Å². The first-order chi connectivity index (χ1) is 13.5. The number of anilines is 1. The van der Waals surface area contributed by atoms with Gasteiger partial charge in [-0.15, -0.1) is 0 Å². The minimum absolute atomic E-state index is 0.0532. The minimum atomic E-state index is -1.31. The zero-order valence-corrected chi connectivity index (χ0v) is 15.6. The maximum Gasteiger partial charge on any atom is 0.341 e. The predicted octanol–water partition coefficient (Wildman–Crippen LogP) is 1.98. The number of nitrogens with one attached hydrogen (secondary N) is 1. The smallest absolute Gasteiger partial charge is 0.341 e. The van der Waals surface area contributed by atoms with Crippen molar-refractivity contribution in [1.29, 1.82) is 0 Å². The van der Waals surface area contributed by atoms with E-state index in [1.165, 1.54) is 12.3 Å². The Labute approximate surface area is 160 Å². The number of ether oxygens (including phenoxy) is 1. The van der Waals surface area contributed by atoms with Gasteiger partial charge >= 0.3 is 5.97 Å². The number of rotatable bonds is 2. The van der Waals surface area contributed by atoms with E-state index in [2.05, 4.69) is 5.32 Å². The highest BCUT2D eigenvalue weighted by Gasteiger charge is 2.38. The summed E-state index contributed by atoms with van der Waals surface area (Å²) in [7, 11) is 0. The van der Waals surface area contributed by atoms with Gasteiger partial charge in [0, 0.05) is 25.3 Å². The lowest BCUT2D eigenvalue weighted by molar-refractivity contribution is 0.0694. The normalized spacial score (nSPS) is 26.2. The largest absolute Gasteiger partial charge is 0.487 e. The SMILES string of the molecule is C[C@H]1COc2c(N3C[C@H]4CCCN[C@H]4C3)c(F)cc3c(=O)c(C(=O)O)cn1c23. The number of carboxylic acids is 1. The molecular weight excluding hydrogens is 365 g/mol. The second-order valence-electron chi connectivity index (χ2n) is 8.04. The summed E-state index contributed by atoms with van der Waals surface area (Å²) < 4.78 is 22.9. The zero-order valence-electron chi connectivity index (χ0n) is 15.6. The first-order valence-corrected chi connectivity index (χ1v) is 9.71. The molecule has 5 rings (SSSR count). The molecule has 0 unspecified atom stereocenters. The second-order valence-corrected chi connectivity index (χ2v) is 8.04. The Hall–Kier alpha value is -2.61. The van der Waals surface area contributed by atoms with Crippen LogP contribution in [0.2, 0.25) is 0 Å². The van der Waals surface area contributed by atoms with E-state index in [1.807, 2.05) is 11.8 Å². The number of aromatic carboxylic acids is 1. The summed E-state index contributed by atoms with van der Waals surface area (Å²) in [6.45, 7) is 4.59. The number of nitrogens with zero attached hydrogens (tertiary/aromatic N) is 2. The fourth-order valence-corrected chi connectivity index (χ4v) is 4.89. The maximum atomic E-state index is 15.2. The average Bonchev–Trinajstić information content (AvgIpc) is 3.09. The van der Waals surface area contributed by atoms with Crippen LogP contribution in [0.1, 0.15) is 36.2 Å². The molecule has 0 saturated carbocycles. The van der Waals surface area contributed by atoms with E-state index in [1.54, 1.807) is 4.57 Å². The van der Waals surface area contributed by atoms with Crippen LogP contribution in [0.4, 0.5) is 10.1 Å². The molecule has 28 heavy (non-hydrogen) atoms. The minimum Gasteiger partial charge on any atom is -0.487 e. The molecular formula is C20H22FN3O4. The number of fused-ring (bicyclic) bond motifs is 1. The summed E-state index contributed by atoms with van der Waals surface area (Å²) in [5.74, 6) is -1.03. The van der Waals surface area contributed by atoms with Crippen LogP contribution in [-0.4, -0.2) is 47.9 Å². The van der Waals surface area contributed by atoms with Crippen LogP contribution in [0.5, 0.6) is 5.75 Å². The van der Waals surface area contributed by atoms with E-state index in [4.69, 9.17) is 4.74 Å². The monoisotopic (exact) mass is 387 g/mol. The summed E-state index contributed by atoms with van der Waals surface area (Å²) >= 11 is 0.